The Kier molecular flexibility index (Phi) is 4.67. The van der Waals surface area contributed by atoms with Gasteiger partial charge in [-0.2, -0.15) is 0 Å². The first-order chi connectivity index (χ1) is 8.44. The molecule has 0 saturated heterocycles. The predicted molar refractivity (Wildman–Crippen MR) is 73.4 cm³/mol. The lowest BCUT2D eigenvalue weighted by Crippen LogP contribution is -2.54. The minimum Gasteiger partial charge on any atom is -0.331 e. The van der Waals surface area contributed by atoms with E-state index in [1.165, 1.54) is 6.07 Å². The van der Waals surface area contributed by atoms with Crippen LogP contribution in [0.1, 0.15) is 20.8 Å². The largest absolute Gasteiger partial charge is 0.331 e. The number of anilines is 1. The number of hydrogen-bond acceptors (Lipinski definition) is 3. The molecule has 1 atom stereocenters. The Morgan fingerprint density at radius 1 is 1.33 bits per heavy atom. The Labute approximate surface area is 108 Å². The smallest absolute Gasteiger partial charge is 0.292 e. The first-order valence-corrected chi connectivity index (χ1v) is 6.28. The molecule has 1 unspecified atom stereocenters. The van der Waals surface area contributed by atoms with E-state index in [9.17, 15) is 10.1 Å². The van der Waals surface area contributed by atoms with Crippen molar-refractivity contribution < 1.29 is 9.41 Å². The SMILES string of the molecule is CC[N+](C)(CC)C(C)Nc1ccccc1[N+](=O)[O-]. The fraction of sp³-hybridized carbons (Fsp3) is 0.538. The summed E-state index contributed by atoms with van der Waals surface area (Å²) in [5.41, 5.74) is 0.712. The Morgan fingerprint density at radius 2 is 1.89 bits per heavy atom. The lowest BCUT2D eigenvalue weighted by atomic mass is 10.2. The van der Waals surface area contributed by atoms with Crippen molar-refractivity contribution in [3.8, 4) is 0 Å². The molecule has 0 saturated carbocycles. The summed E-state index contributed by atoms with van der Waals surface area (Å²) in [6.45, 7) is 8.27. The third-order valence-electron chi connectivity index (χ3n) is 3.84. The third kappa shape index (κ3) is 2.98. The highest BCUT2D eigenvalue weighted by molar-refractivity contribution is 5.61. The highest BCUT2D eigenvalue weighted by Crippen LogP contribution is 2.25. The fourth-order valence-electron chi connectivity index (χ4n) is 1.91. The van der Waals surface area contributed by atoms with Crippen LogP contribution in [-0.2, 0) is 0 Å². The zero-order valence-electron chi connectivity index (χ0n) is 11.5. The molecule has 0 spiro atoms. The van der Waals surface area contributed by atoms with Crippen LogP contribution in [0.3, 0.4) is 0 Å². The average molecular weight is 252 g/mol. The van der Waals surface area contributed by atoms with E-state index in [0.717, 1.165) is 17.6 Å². The van der Waals surface area contributed by atoms with Gasteiger partial charge in [-0.25, -0.2) is 0 Å². The fourth-order valence-corrected chi connectivity index (χ4v) is 1.91. The van der Waals surface area contributed by atoms with Crippen LogP contribution in [0.5, 0.6) is 0 Å². The second-order valence-corrected chi connectivity index (χ2v) is 4.71. The van der Waals surface area contributed by atoms with Crippen LogP contribution in [0.15, 0.2) is 24.3 Å². The normalized spacial score (nSPS) is 13.1. The Bertz CT molecular complexity index is 416. The van der Waals surface area contributed by atoms with Gasteiger partial charge in [-0.3, -0.25) is 10.1 Å². The Balaban J connectivity index is 2.94. The van der Waals surface area contributed by atoms with Gasteiger partial charge in [0.1, 0.15) is 5.69 Å². The molecule has 0 amide bonds. The maximum absolute atomic E-state index is 11.0. The maximum Gasteiger partial charge on any atom is 0.292 e. The quantitative estimate of drug-likeness (QED) is 0.366. The molecular formula is C13H22N3O2+. The Hall–Kier alpha value is -1.62. The molecule has 100 valence electrons. The van der Waals surface area contributed by atoms with E-state index in [1.54, 1.807) is 12.1 Å². The summed E-state index contributed by atoms with van der Waals surface area (Å²) < 4.78 is 0.825. The monoisotopic (exact) mass is 252 g/mol. The van der Waals surface area contributed by atoms with Crippen LogP contribution in [0.2, 0.25) is 0 Å². The van der Waals surface area contributed by atoms with Gasteiger partial charge in [0.15, 0.2) is 6.17 Å². The molecule has 0 fully saturated rings. The molecule has 0 aliphatic rings. The molecule has 5 heteroatoms. The van der Waals surface area contributed by atoms with Crippen LogP contribution in [-0.4, -0.2) is 35.7 Å². The molecular weight excluding hydrogens is 230 g/mol. The second-order valence-electron chi connectivity index (χ2n) is 4.71. The lowest BCUT2D eigenvalue weighted by molar-refractivity contribution is -0.924. The molecule has 0 aliphatic heterocycles. The van der Waals surface area contributed by atoms with Gasteiger partial charge in [0.25, 0.3) is 5.69 Å². The van der Waals surface area contributed by atoms with Crippen LogP contribution >= 0.6 is 0 Å². The van der Waals surface area contributed by atoms with Gasteiger partial charge in [0.2, 0.25) is 0 Å². The van der Waals surface area contributed by atoms with Crippen molar-refractivity contribution in [3.05, 3.63) is 34.4 Å². The van der Waals surface area contributed by atoms with E-state index in [0.29, 0.717) is 5.69 Å². The van der Waals surface area contributed by atoms with Crippen LogP contribution in [0.25, 0.3) is 0 Å². The van der Waals surface area contributed by atoms with Crippen molar-refractivity contribution in [3.63, 3.8) is 0 Å². The molecule has 1 aromatic rings. The van der Waals surface area contributed by atoms with E-state index in [-0.39, 0.29) is 16.8 Å². The first-order valence-electron chi connectivity index (χ1n) is 6.28. The number of rotatable bonds is 6. The molecule has 1 rings (SSSR count). The van der Waals surface area contributed by atoms with E-state index in [4.69, 9.17) is 0 Å². The highest BCUT2D eigenvalue weighted by Gasteiger charge is 2.26. The molecule has 0 bridgehead atoms. The summed E-state index contributed by atoms with van der Waals surface area (Å²) in [7, 11) is 2.15. The number of hydrogen-bond donors (Lipinski definition) is 1. The number of nitro benzene ring substituents is 1. The number of nitro groups is 1. The summed E-state index contributed by atoms with van der Waals surface area (Å²) in [5.74, 6) is 0. The predicted octanol–water partition coefficient (Wildman–Crippen LogP) is 2.84. The lowest BCUT2D eigenvalue weighted by Gasteiger charge is -2.38. The number of benzene rings is 1. The van der Waals surface area contributed by atoms with Gasteiger partial charge >= 0.3 is 0 Å². The minimum absolute atomic E-state index is 0.126. The highest BCUT2D eigenvalue weighted by atomic mass is 16.6. The van der Waals surface area contributed by atoms with E-state index in [1.807, 2.05) is 6.07 Å². The minimum atomic E-state index is -0.350. The van der Waals surface area contributed by atoms with Gasteiger partial charge in [-0.05, 0) is 19.9 Å². The molecule has 0 aromatic heterocycles. The Morgan fingerprint density at radius 3 is 2.39 bits per heavy atom. The van der Waals surface area contributed by atoms with Crippen LogP contribution < -0.4 is 5.32 Å². The summed E-state index contributed by atoms with van der Waals surface area (Å²) in [4.78, 5) is 10.6. The van der Waals surface area contributed by atoms with Crippen molar-refractivity contribution in [1.82, 2.24) is 0 Å². The summed E-state index contributed by atoms with van der Waals surface area (Å²) in [5, 5.41) is 14.2. The van der Waals surface area contributed by atoms with Crippen molar-refractivity contribution in [1.29, 1.82) is 0 Å². The van der Waals surface area contributed by atoms with Crippen LogP contribution in [0.4, 0.5) is 11.4 Å². The van der Waals surface area contributed by atoms with Crippen molar-refractivity contribution in [2.24, 2.45) is 0 Å². The molecule has 18 heavy (non-hydrogen) atoms. The molecule has 0 aliphatic carbocycles. The van der Waals surface area contributed by atoms with Gasteiger partial charge in [0.05, 0.1) is 25.1 Å². The number of nitrogens with zero attached hydrogens (tertiary/aromatic N) is 2. The summed E-state index contributed by atoms with van der Waals surface area (Å²) >= 11 is 0. The average Bonchev–Trinajstić information content (AvgIpc) is 2.38. The van der Waals surface area contributed by atoms with Gasteiger partial charge in [-0.15, -0.1) is 0 Å². The summed E-state index contributed by atoms with van der Waals surface area (Å²) in [6, 6.07) is 6.77. The molecule has 5 nitrogen and oxygen atoms in total. The van der Waals surface area contributed by atoms with Crippen molar-refractivity contribution >= 4 is 11.4 Å². The topological polar surface area (TPSA) is 55.2 Å². The zero-order valence-corrected chi connectivity index (χ0v) is 11.5. The van der Waals surface area contributed by atoms with Gasteiger partial charge in [0, 0.05) is 13.0 Å². The summed E-state index contributed by atoms with van der Waals surface area (Å²) in [6.07, 6.45) is 0.126. The first kappa shape index (κ1) is 14.4. The van der Waals surface area contributed by atoms with E-state index < -0.39 is 0 Å². The van der Waals surface area contributed by atoms with Crippen LogP contribution in [0, 0.1) is 10.1 Å². The van der Waals surface area contributed by atoms with E-state index in [2.05, 4.69) is 33.1 Å². The van der Waals surface area contributed by atoms with Gasteiger partial charge < -0.3 is 9.80 Å². The van der Waals surface area contributed by atoms with Gasteiger partial charge in [-0.1, -0.05) is 12.1 Å². The second kappa shape index (κ2) is 5.82. The maximum atomic E-state index is 11.0. The number of nitrogens with one attached hydrogen (secondary N) is 1. The zero-order chi connectivity index (χ0) is 13.8. The van der Waals surface area contributed by atoms with Crippen molar-refractivity contribution in [2.75, 3.05) is 25.5 Å². The third-order valence-corrected chi connectivity index (χ3v) is 3.84. The molecule has 0 radical (unpaired) electrons. The number of para-hydroxylation sites is 2. The van der Waals surface area contributed by atoms with E-state index >= 15 is 0 Å². The molecule has 1 N–H and O–H groups in total. The van der Waals surface area contributed by atoms with Crippen molar-refractivity contribution in [2.45, 2.75) is 26.9 Å². The number of quaternary nitrogens is 1. The molecule has 0 heterocycles. The molecule has 1 aromatic carbocycles. The standard InChI is InChI=1S/C13H22N3O2/c1-5-16(4,6-2)11(3)14-12-9-7-8-10-13(12)15(17)18/h7-11,14H,5-6H2,1-4H3/q+1.